The van der Waals surface area contributed by atoms with Gasteiger partial charge in [-0.05, 0) is 37.5 Å². The number of carbonyl (C=O) groups is 1. The predicted molar refractivity (Wildman–Crippen MR) is 120 cm³/mol. The number of halogens is 1. The zero-order valence-corrected chi connectivity index (χ0v) is 19.1. The van der Waals surface area contributed by atoms with E-state index in [0.717, 1.165) is 25.5 Å². The molecule has 2 aromatic heterocycles. The van der Waals surface area contributed by atoms with Gasteiger partial charge >= 0.3 is 6.03 Å². The molecule has 3 heterocycles. The minimum Gasteiger partial charge on any atom is -0.493 e. The van der Waals surface area contributed by atoms with Crippen LogP contribution in [0.4, 0.5) is 14.9 Å². The molecule has 178 valence electrons. The van der Waals surface area contributed by atoms with E-state index in [1.165, 1.54) is 19.2 Å². The molecule has 1 saturated carbocycles. The van der Waals surface area contributed by atoms with Gasteiger partial charge in [0.05, 0.1) is 31.6 Å². The maximum atomic E-state index is 14.7. The molecule has 34 heavy (non-hydrogen) atoms. The molecule has 2 aliphatic rings. The zero-order valence-electron chi connectivity index (χ0n) is 18.2. The fraction of sp³-hybridized carbons (Fsp3) is 0.318. The number of rotatable bonds is 6. The van der Waals surface area contributed by atoms with Crippen LogP contribution in [0.5, 0.6) is 11.6 Å². The Morgan fingerprint density at radius 1 is 1.26 bits per heavy atom. The quantitative estimate of drug-likeness (QED) is 0.547. The van der Waals surface area contributed by atoms with Crippen molar-refractivity contribution in [2.45, 2.75) is 36.8 Å². The summed E-state index contributed by atoms with van der Waals surface area (Å²) in [5.41, 5.74) is 1.35. The number of sulfonamides is 1. The van der Waals surface area contributed by atoms with Crippen LogP contribution >= 0.6 is 0 Å². The van der Waals surface area contributed by atoms with Crippen molar-refractivity contribution in [1.29, 1.82) is 0 Å². The highest BCUT2D eigenvalue weighted by atomic mass is 32.2. The van der Waals surface area contributed by atoms with E-state index in [2.05, 4.69) is 15.4 Å². The van der Waals surface area contributed by atoms with Crippen molar-refractivity contribution < 1.29 is 27.1 Å². The fourth-order valence-corrected chi connectivity index (χ4v) is 4.85. The predicted octanol–water partition coefficient (Wildman–Crippen LogP) is 3.26. The number of ether oxygens (including phenoxy) is 2. The molecule has 1 aromatic carbocycles. The minimum atomic E-state index is -4.22. The molecule has 10 nitrogen and oxygen atoms in total. The number of pyridine rings is 1. The molecule has 0 spiro atoms. The van der Waals surface area contributed by atoms with Gasteiger partial charge in [0, 0.05) is 35.4 Å². The van der Waals surface area contributed by atoms with Crippen molar-refractivity contribution in [2.24, 2.45) is 0 Å². The topological polar surface area (TPSA) is 124 Å². The first-order chi connectivity index (χ1) is 16.4. The number of aromatic nitrogens is 3. The van der Waals surface area contributed by atoms with Gasteiger partial charge in [-0.25, -0.2) is 18.9 Å². The average molecular weight is 488 g/mol. The van der Waals surface area contributed by atoms with Gasteiger partial charge in [0.15, 0.2) is 5.03 Å². The molecule has 1 fully saturated rings. The second-order valence-electron chi connectivity index (χ2n) is 8.05. The Bertz CT molecular complexity index is 1370. The van der Waals surface area contributed by atoms with Gasteiger partial charge in [-0.15, -0.1) is 0 Å². The molecule has 1 aliphatic heterocycles. The Labute approximate surface area is 195 Å². The molecule has 0 bridgehead atoms. The first kappa shape index (κ1) is 22.1. The van der Waals surface area contributed by atoms with E-state index in [0.29, 0.717) is 29.9 Å². The van der Waals surface area contributed by atoms with Gasteiger partial charge in [0.2, 0.25) is 5.88 Å². The number of nitrogens with zero attached hydrogens (tertiary/aromatic N) is 3. The third-order valence-electron chi connectivity index (χ3n) is 5.98. The van der Waals surface area contributed by atoms with Crippen LogP contribution < -0.4 is 19.5 Å². The van der Waals surface area contributed by atoms with Crippen molar-refractivity contribution in [3.63, 3.8) is 0 Å². The maximum absolute atomic E-state index is 14.7. The molecule has 0 atom stereocenters. The van der Waals surface area contributed by atoms with Crippen molar-refractivity contribution in [1.82, 2.24) is 19.5 Å². The average Bonchev–Trinajstić information content (AvgIpc) is 3.43. The first-order valence-electron chi connectivity index (χ1n) is 10.7. The molecular formula is C22H22FN5O5S. The van der Waals surface area contributed by atoms with Gasteiger partial charge in [-0.2, -0.15) is 13.5 Å². The van der Waals surface area contributed by atoms with Crippen molar-refractivity contribution >= 4 is 21.7 Å². The zero-order chi connectivity index (χ0) is 23.9. The molecule has 2 N–H and O–H groups in total. The lowest BCUT2D eigenvalue weighted by molar-refractivity contribution is 0.256. The highest BCUT2D eigenvalue weighted by Crippen LogP contribution is 2.41. The van der Waals surface area contributed by atoms with E-state index in [-0.39, 0.29) is 28.2 Å². The largest absolute Gasteiger partial charge is 0.493 e. The smallest absolute Gasteiger partial charge is 0.333 e. The standard InChI is InChI=1S/C22H22FN5O5S/c1-32-19-11-16(17(23)12-24-19)14-5-6-18-15(8-10-33-18)21(14)25-22(29)27-34(30,31)20-7-9-28(26-20)13-3-2-4-13/h5-7,9,11-13H,2-4,8,10H2,1H3,(H2,25,27,29). The molecule has 0 radical (unpaired) electrons. The van der Waals surface area contributed by atoms with Gasteiger partial charge < -0.3 is 14.8 Å². The van der Waals surface area contributed by atoms with Crippen LogP contribution in [-0.2, 0) is 16.4 Å². The van der Waals surface area contributed by atoms with Crippen molar-refractivity contribution in [3.05, 3.63) is 48.0 Å². The van der Waals surface area contributed by atoms with E-state index in [9.17, 15) is 17.6 Å². The number of carbonyl (C=O) groups excluding carboxylic acids is 1. The monoisotopic (exact) mass is 487 g/mol. The number of anilines is 1. The number of hydrogen-bond acceptors (Lipinski definition) is 7. The maximum Gasteiger partial charge on any atom is 0.333 e. The van der Waals surface area contributed by atoms with Gasteiger partial charge in [-0.1, -0.05) is 0 Å². The lowest BCUT2D eigenvalue weighted by Crippen LogP contribution is -2.35. The normalized spacial score (nSPS) is 15.2. The number of benzene rings is 1. The van der Waals surface area contributed by atoms with E-state index >= 15 is 0 Å². The minimum absolute atomic E-state index is 0.138. The van der Waals surface area contributed by atoms with Crippen LogP contribution in [0.3, 0.4) is 0 Å². The summed E-state index contributed by atoms with van der Waals surface area (Å²) in [6.45, 7) is 0.383. The van der Waals surface area contributed by atoms with Crippen molar-refractivity contribution in [3.8, 4) is 22.8 Å². The Hall–Kier alpha value is -3.67. The van der Waals surface area contributed by atoms with Crippen LogP contribution in [-0.4, -0.2) is 42.9 Å². The third kappa shape index (κ3) is 4.04. The van der Waals surface area contributed by atoms with E-state index in [1.54, 1.807) is 23.0 Å². The summed E-state index contributed by atoms with van der Waals surface area (Å²) in [6, 6.07) is 5.20. The molecular weight excluding hydrogens is 465 g/mol. The summed E-state index contributed by atoms with van der Waals surface area (Å²) in [5.74, 6) is 0.0908. The van der Waals surface area contributed by atoms with Crippen LogP contribution in [0.2, 0.25) is 0 Å². The highest BCUT2D eigenvalue weighted by Gasteiger charge is 2.27. The van der Waals surface area contributed by atoms with Crippen LogP contribution in [0.1, 0.15) is 30.9 Å². The second kappa shape index (κ2) is 8.60. The number of methoxy groups -OCH3 is 1. The lowest BCUT2D eigenvalue weighted by Gasteiger charge is -2.25. The summed E-state index contributed by atoms with van der Waals surface area (Å²) in [4.78, 5) is 16.6. The lowest BCUT2D eigenvalue weighted by atomic mass is 9.93. The van der Waals surface area contributed by atoms with Gasteiger partial charge in [0.1, 0.15) is 11.6 Å². The molecule has 1 aliphatic carbocycles. The van der Waals surface area contributed by atoms with Gasteiger partial charge in [-0.3, -0.25) is 4.68 Å². The number of nitrogens with one attached hydrogen (secondary N) is 2. The van der Waals surface area contributed by atoms with Crippen LogP contribution in [0.15, 0.2) is 41.7 Å². The SMILES string of the molecule is COc1cc(-c2ccc3c(c2NC(=O)NS(=O)(=O)c2ccn(C4CCC4)n2)CCO3)c(F)cn1. The summed E-state index contributed by atoms with van der Waals surface area (Å²) < 4.78 is 54.4. The third-order valence-corrected chi connectivity index (χ3v) is 7.21. The number of amides is 2. The molecule has 2 amide bonds. The molecule has 12 heteroatoms. The summed E-state index contributed by atoms with van der Waals surface area (Å²) >= 11 is 0. The van der Waals surface area contributed by atoms with Crippen LogP contribution in [0, 0.1) is 5.82 Å². The first-order valence-corrected chi connectivity index (χ1v) is 12.2. The number of fused-ring (bicyclic) bond motifs is 1. The fourth-order valence-electron chi connectivity index (χ4n) is 4.01. The Balaban J connectivity index is 1.44. The summed E-state index contributed by atoms with van der Waals surface area (Å²) in [7, 11) is -2.81. The van der Waals surface area contributed by atoms with E-state index < -0.39 is 21.9 Å². The van der Waals surface area contributed by atoms with Crippen LogP contribution in [0.25, 0.3) is 11.1 Å². The summed E-state index contributed by atoms with van der Waals surface area (Å²) in [6.07, 6.45) is 6.02. The summed E-state index contributed by atoms with van der Waals surface area (Å²) in [5, 5.41) is 6.44. The Morgan fingerprint density at radius 2 is 2.09 bits per heavy atom. The van der Waals surface area contributed by atoms with E-state index in [4.69, 9.17) is 9.47 Å². The number of urea groups is 1. The molecule has 5 rings (SSSR count). The Kier molecular flexibility index (Phi) is 5.60. The highest BCUT2D eigenvalue weighted by molar-refractivity contribution is 7.90. The van der Waals surface area contributed by atoms with Crippen molar-refractivity contribution in [2.75, 3.05) is 19.0 Å². The number of hydrogen-bond donors (Lipinski definition) is 2. The second-order valence-corrected chi connectivity index (χ2v) is 9.68. The van der Waals surface area contributed by atoms with E-state index in [1.807, 2.05) is 4.72 Å². The molecule has 0 unspecified atom stereocenters. The molecule has 3 aromatic rings. The van der Waals surface area contributed by atoms with Gasteiger partial charge in [0.25, 0.3) is 10.0 Å². The molecule has 0 saturated heterocycles. The Morgan fingerprint density at radius 3 is 2.82 bits per heavy atom.